The Labute approximate surface area is 146 Å². The molecule has 2 heterocycles. The lowest BCUT2D eigenvalue weighted by molar-refractivity contribution is -0.000609. The number of benzene rings is 1. The average Bonchev–Trinajstić information content (AvgIpc) is 2.96. The first-order valence-electron chi connectivity index (χ1n) is 8.28. The molecule has 1 aromatic carbocycles. The van der Waals surface area contributed by atoms with Crippen LogP contribution in [0.4, 0.5) is 4.39 Å². The van der Waals surface area contributed by atoms with Crippen LogP contribution < -0.4 is 0 Å². The van der Waals surface area contributed by atoms with E-state index in [4.69, 9.17) is 4.42 Å². The number of halogens is 1. The summed E-state index contributed by atoms with van der Waals surface area (Å²) in [6.07, 6.45) is 6.02. The third-order valence-corrected chi connectivity index (χ3v) is 4.76. The van der Waals surface area contributed by atoms with Crippen molar-refractivity contribution >= 4 is 5.91 Å². The quantitative estimate of drug-likeness (QED) is 0.726. The van der Waals surface area contributed by atoms with Crippen molar-refractivity contribution in [1.29, 1.82) is 0 Å². The second-order valence-electron chi connectivity index (χ2n) is 6.35. The van der Waals surface area contributed by atoms with Crippen LogP contribution in [0.15, 0.2) is 54.0 Å². The highest BCUT2D eigenvalue weighted by molar-refractivity contribution is 5.95. The predicted octanol–water partition coefficient (Wildman–Crippen LogP) is 4.53. The van der Waals surface area contributed by atoms with E-state index in [0.29, 0.717) is 42.3 Å². The maximum Gasteiger partial charge on any atom is 0.276 e. The number of aromatic nitrogens is 1. The number of aryl methyl sites for hydroxylation is 1. The van der Waals surface area contributed by atoms with Gasteiger partial charge in [0.15, 0.2) is 5.69 Å². The molecule has 0 saturated carbocycles. The van der Waals surface area contributed by atoms with Crippen LogP contribution >= 0.6 is 0 Å². The number of carbonyl (C=O) groups is 1. The molecular formula is C20H21FN2O2. The topological polar surface area (TPSA) is 46.3 Å². The number of amides is 1. The van der Waals surface area contributed by atoms with Gasteiger partial charge in [-0.2, -0.15) is 0 Å². The minimum absolute atomic E-state index is 0.149. The van der Waals surface area contributed by atoms with Crippen LogP contribution in [0.2, 0.25) is 0 Å². The van der Waals surface area contributed by atoms with Gasteiger partial charge in [0.2, 0.25) is 5.89 Å². The molecule has 1 aliphatic rings. The van der Waals surface area contributed by atoms with E-state index in [1.807, 2.05) is 17.1 Å². The Kier molecular flexibility index (Phi) is 4.57. The second-order valence-corrected chi connectivity index (χ2v) is 6.35. The molecular weight excluding hydrogens is 319 g/mol. The van der Waals surface area contributed by atoms with Gasteiger partial charge >= 0.3 is 0 Å². The Balaban J connectivity index is 1.89. The lowest BCUT2D eigenvalue weighted by Crippen LogP contribution is -2.61. The van der Waals surface area contributed by atoms with E-state index < -0.39 is 0 Å². The smallest absolute Gasteiger partial charge is 0.276 e. The fourth-order valence-electron chi connectivity index (χ4n) is 3.34. The van der Waals surface area contributed by atoms with Gasteiger partial charge in [0.05, 0.1) is 5.54 Å². The van der Waals surface area contributed by atoms with Crippen LogP contribution in [-0.4, -0.2) is 27.9 Å². The van der Waals surface area contributed by atoms with Crippen molar-refractivity contribution in [3.8, 4) is 11.5 Å². The number of likely N-dealkylation sites (tertiary alicyclic amines) is 1. The van der Waals surface area contributed by atoms with Gasteiger partial charge in [-0.25, -0.2) is 9.37 Å². The summed E-state index contributed by atoms with van der Waals surface area (Å²) in [5.74, 6) is 0.300. The number of carbonyl (C=O) groups excluding carboxylic acids is 1. The van der Waals surface area contributed by atoms with Crippen molar-refractivity contribution < 1.29 is 13.6 Å². The number of hydrogen-bond donors (Lipinski definition) is 0. The standard InChI is InChI=1S/C20H21FN2O2/c1-4-10-20(11-5-2)12-13-23(20)19(24)17-14(3)25-18(22-17)15-6-8-16(21)9-7-15/h4-9H,1-2,10-13H2,3H3. The first kappa shape index (κ1) is 17.1. The summed E-state index contributed by atoms with van der Waals surface area (Å²) in [5.41, 5.74) is 0.675. The molecule has 0 aliphatic carbocycles. The second kappa shape index (κ2) is 6.67. The Hall–Kier alpha value is -2.69. The number of rotatable bonds is 6. The average molecular weight is 340 g/mol. The molecule has 2 aromatic rings. The van der Waals surface area contributed by atoms with Crippen molar-refractivity contribution in [1.82, 2.24) is 9.88 Å². The summed E-state index contributed by atoms with van der Waals surface area (Å²) < 4.78 is 18.7. The van der Waals surface area contributed by atoms with Crippen LogP contribution in [0, 0.1) is 12.7 Å². The summed E-state index contributed by atoms with van der Waals surface area (Å²) in [6, 6.07) is 5.84. The monoisotopic (exact) mass is 340 g/mol. The zero-order valence-corrected chi connectivity index (χ0v) is 14.3. The molecule has 25 heavy (non-hydrogen) atoms. The minimum Gasteiger partial charge on any atom is -0.441 e. The summed E-state index contributed by atoms with van der Waals surface area (Å²) in [7, 11) is 0. The molecule has 0 unspecified atom stereocenters. The number of oxazole rings is 1. The van der Waals surface area contributed by atoms with E-state index >= 15 is 0 Å². The number of nitrogens with zero attached hydrogens (tertiary/aromatic N) is 2. The molecule has 0 atom stereocenters. The molecule has 1 aliphatic heterocycles. The maximum atomic E-state index is 13.1. The van der Waals surface area contributed by atoms with Crippen molar-refractivity contribution in [2.75, 3.05) is 6.54 Å². The molecule has 1 fully saturated rings. The van der Waals surface area contributed by atoms with Gasteiger partial charge in [0.1, 0.15) is 11.6 Å². The first-order chi connectivity index (χ1) is 12.0. The maximum absolute atomic E-state index is 13.1. The zero-order chi connectivity index (χ0) is 18.0. The SMILES string of the molecule is C=CCC1(CC=C)CCN1C(=O)c1nc(-c2ccc(F)cc2)oc1C. The van der Waals surface area contributed by atoms with E-state index in [2.05, 4.69) is 18.1 Å². The molecule has 4 nitrogen and oxygen atoms in total. The van der Waals surface area contributed by atoms with Gasteiger partial charge in [0, 0.05) is 12.1 Å². The molecule has 3 rings (SSSR count). The Bertz CT molecular complexity index is 798. The summed E-state index contributed by atoms with van der Waals surface area (Å²) in [4.78, 5) is 19.2. The molecule has 0 N–H and O–H groups in total. The summed E-state index contributed by atoms with van der Waals surface area (Å²) in [6.45, 7) is 10.0. The largest absolute Gasteiger partial charge is 0.441 e. The van der Waals surface area contributed by atoms with Gasteiger partial charge in [-0.05, 0) is 50.5 Å². The highest BCUT2D eigenvalue weighted by Crippen LogP contribution is 2.39. The molecule has 1 amide bonds. The van der Waals surface area contributed by atoms with Crippen LogP contribution in [0.25, 0.3) is 11.5 Å². The molecule has 1 saturated heterocycles. The molecule has 0 radical (unpaired) electrons. The molecule has 130 valence electrons. The van der Waals surface area contributed by atoms with E-state index in [-0.39, 0.29) is 17.3 Å². The normalized spacial score (nSPS) is 15.5. The van der Waals surface area contributed by atoms with Gasteiger partial charge < -0.3 is 9.32 Å². The van der Waals surface area contributed by atoms with Crippen molar-refractivity contribution in [3.63, 3.8) is 0 Å². The van der Waals surface area contributed by atoms with Gasteiger partial charge in [-0.3, -0.25) is 4.79 Å². The first-order valence-corrected chi connectivity index (χ1v) is 8.28. The van der Waals surface area contributed by atoms with Gasteiger partial charge in [0.25, 0.3) is 5.91 Å². The highest BCUT2D eigenvalue weighted by Gasteiger charge is 2.46. The van der Waals surface area contributed by atoms with E-state index in [1.54, 1.807) is 19.1 Å². The van der Waals surface area contributed by atoms with Crippen molar-refractivity contribution in [3.05, 3.63) is 66.8 Å². The summed E-state index contributed by atoms with van der Waals surface area (Å²) in [5, 5.41) is 0. The lowest BCUT2D eigenvalue weighted by atomic mass is 9.78. The van der Waals surface area contributed by atoms with Crippen LogP contribution in [0.5, 0.6) is 0 Å². The fourth-order valence-corrected chi connectivity index (χ4v) is 3.34. The summed E-state index contributed by atoms with van der Waals surface area (Å²) >= 11 is 0. The third kappa shape index (κ3) is 3.02. The third-order valence-electron chi connectivity index (χ3n) is 4.76. The minimum atomic E-state index is -0.331. The molecule has 1 aromatic heterocycles. The predicted molar refractivity (Wildman–Crippen MR) is 94.6 cm³/mol. The van der Waals surface area contributed by atoms with Gasteiger partial charge in [-0.1, -0.05) is 12.2 Å². The highest BCUT2D eigenvalue weighted by atomic mass is 19.1. The van der Waals surface area contributed by atoms with Crippen LogP contribution in [0.1, 0.15) is 35.5 Å². The van der Waals surface area contributed by atoms with Crippen molar-refractivity contribution in [2.24, 2.45) is 0 Å². The Morgan fingerprint density at radius 3 is 2.48 bits per heavy atom. The van der Waals surface area contributed by atoms with Crippen molar-refractivity contribution in [2.45, 2.75) is 31.7 Å². The zero-order valence-electron chi connectivity index (χ0n) is 14.3. The molecule has 0 spiro atoms. The lowest BCUT2D eigenvalue weighted by Gasteiger charge is -2.52. The van der Waals surface area contributed by atoms with Gasteiger partial charge in [-0.15, -0.1) is 13.2 Å². The van der Waals surface area contributed by atoms with Crippen LogP contribution in [-0.2, 0) is 0 Å². The fraction of sp³-hybridized carbons (Fsp3) is 0.300. The Morgan fingerprint density at radius 2 is 1.96 bits per heavy atom. The Morgan fingerprint density at radius 1 is 1.32 bits per heavy atom. The van der Waals surface area contributed by atoms with E-state index in [0.717, 1.165) is 6.42 Å². The number of hydrogen-bond acceptors (Lipinski definition) is 3. The van der Waals surface area contributed by atoms with E-state index in [9.17, 15) is 9.18 Å². The van der Waals surface area contributed by atoms with E-state index in [1.165, 1.54) is 12.1 Å². The molecule has 0 bridgehead atoms. The van der Waals surface area contributed by atoms with Crippen LogP contribution in [0.3, 0.4) is 0 Å². The molecule has 5 heteroatoms.